The van der Waals surface area contributed by atoms with Gasteiger partial charge in [-0.25, -0.2) is 18.4 Å². The number of esters is 1. The van der Waals surface area contributed by atoms with Crippen LogP contribution in [0.15, 0.2) is 27.6 Å². The van der Waals surface area contributed by atoms with Crippen molar-refractivity contribution in [1.29, 1.82) is 0 Å². The minimum Gasteiger partial charge on any atom is -0.465 e. The van der Waals surface area contributed by atoms with E-state index in [4.69, 9.17) is 5.14 Å². The Morgan fingerprint density at radius 2 is 2.07 bits per heavy atom. The van der Waals surface area contributed by atoms with Crippen LogP contribution in [0.25, 0.3) is 0 Å². The van der Waals surface area contributed by atoms with E-state index in [1.165, 1.54) is 25.3 Å². The molecule has 0 amide bonds. The Hall–Kier alpha value is -0.920. The van der Waals surface area contributed by atoms with Crippen LogP contribution in [-0.2, 0) is 14.8 Å². The third kappa shape index (κ3) is 2.55. The maximum Gasteiger partial charge on any atom is 0.339 e. The highest BCUT2D eigenvalue weighted by Gasteiger charge is 2.18. The first-order chi connectivity index (χ1) is 6.88. The van der Waals surface area contributed by atoms with E-state index < -0.39 is 16.0 Å². The first-order valence-corrected chi connectivity index (χ1v) is 6.11. The normalized spacial score (nSPS) is 11.1. The van der Waals surface area contributed by atoms with Gasteiger partial charge >= 0.3 is 5.97 Å². The smallest absolute Gasteiger partial charge is 0.339 e. The predicted molar refractivity (Wildman–Crippen MR) is 56.9 cm³/mol. The lowest BCUT2D eigenvalue weighted by atomic mass is 10.2. The highest BCUT2D eigenvalue weighted by Crippen LogP contribution is 2.25. The minimum atomic E-state index is -3.85. The van der Waals surface area contributed by atoms with Gasteiger partial charge in [-0.2, -0.15) is 0 Å². The quantitative estimate of drug-likeness (QED) is 0.820. The number of primary sulfonamides is 1. The molecule has 0 aliphatic carbocycles. The fraction of sp³-hybridized carbons (Fsp3) is 0.125. The van der Waals surface area contributed by atoms with E-state index in [2.05, 4.69) is 20.7 Å². The zero-order valence-corrected chi connectivity index (χ0v) is 10.1. The number of rotatable bonds is 2. The molecule has 5 nitrogen and oxygen atoms in total. The van der Waals surface area contributed by atoms with Crippen LogP contribution in [0.1, 0.15) is 10.4 Å². The summed E-state index contributed by atoms with van der Waals surface area (Å²) in [5, 5.41) is 4.96. The number of benzene rings is 1. The van der Waals surface area contributed by atoms with Gasteiger partial charge in [0.15, 0.2) is 0 Å². The van der Waals surface area contributed by atoms with Gasteiger partial charge in [0.25, 0.3) is 0 Å². The molecule has 0 fully saturated rings. The molecule has 0 spiro atoms. The molecule has 0 bridgehead atoms. The first-order valence-electron chi connectivity index (χ1n) is 3.77. The monoisotopic (exact) mass is 293 g/mol. The molecule has 0 unspecified atom stereocenters. The maximum absolute atomic E-state index is 11.2. The van der Waals surface area contributed by atoms with Gasteiger partial charge in [0.1, 0.15) is 0 Å². The summed E-state index contributed by atoms with van der Waals surface area (Å²) < 4.78 is 26.8. The molecule has 0 saturated carbocycles. The van der Waals surface area contributed by atoms with Gasteiger partial charge in [-0.1, -0.05) is 6.07 Å². The van der Waals surface area contributed by atoms with Crippen molar-refractivity contribution in [3.8, 4) is 0 Å². The molecule has 15 heavy (non-hydrogen) atoms. The molecule has 7 heteroatoms. The summed E-state index contributed by atoms with van der Waals surface area (Å²) in [4.78, 5) is 11.1. The number of nitrogens with two attached hydrogens (primary N) is 1. The van der Waals surface area contributed by atoms with Gasteiger partial charge < -0.3 is 4.74 Å². The van der Waals surface area contributed by atoms with Crippen LogP contribution in [0.3, 0.4) is 0 Å². The van der Waals surface area contributed by atoms with Crippen LogP contribution in [0.5, 0.6) is 0 Å². The van der Waals surface area contributed by atoms with Gasteiger partial charge in [0.05, 0.1) is 22.0 Å². The lowest BCUT2D eigenvalue weighted by molar-refractivity contribution is 0.0599. The average Bonchev–Trinajstić information content (AvgIpc) is 2.15. The number of halogens is 1. The molecule has 0 aliphatic rings. The fourth-order valence-corrected chi connectivity index (χ4v) is 2.73. The molecule has 0 aliphatic heterocycles. The van der Waals surface area contributed by atoms with Crippen LogP contribution in [0.2, 0.25) is 0 Å². The number of carbonyl (C=O) groups excluding carboxylic acids is 1. The number of ether oxygens (including phenoxy) is 1. The predicted octanol–water partition coefficient (Wildman–Crippen LogP) is 0.883. The molecular formula is C8H8BrNO4S. The zero-order chi connectivity index (χ0) is 11.6. The standard InChI is InChI=1S/C8H8BrNO4S/c1-14-8(11)5-3-2-4-6(7(5)9)15(10,12)13/h2-4H,1H3,(H2,10,12,13). The Bertz CT molecular complexity index is 497. The minimum absolute atomic E-state index is 0.111. The summed E-state index contributed by atoms with van der Waals surface area (Å²) in [6.45, 7) is 0. The Morgan fingerprint density at radius 1 is 1.47 bits per heavy atom. The summed E-state index contributed by atoms with van der Waals surface area (Å²) >= 11 is 3.00. The van der Waals surface area contributed by atoms with E-state index in [0.29, 0.717) is 0 Å². The van der Waals surface area contributed by atoms with Gasteiger partial charge in [-0.05, 0) is 28.1 Å². The van der Waals surface area contributed by atoms with Gasteiger partial charge in [-0.15, -0.1) is 0 Å². The molecule has 0 heterocycles. The number of carbonyl (C=O) groups is 1. The van der Waals surface area contributed by atoms with Crippen LogP contribution >= 0.6 is 15.9 Å². The number of hydrogen-bond acceptors (Lipinski definition) is 4. The van der Waals surface area contributed by atoms with Crippen LogP contribution in [0.4, 0.5) is 0 Å². The molecule has 0 atom stereocenters. The van der Waals surface area contributed by atoms with E-state index in [1.54, 1.807) is 0 Å². The van der Waals surface area contributed by atoms with Crippen LogP contribution in [-0.4, -0.2) is 21.5 Å². The first kappa shape index (κ1) is 12.2. The van der Waals surface area contributed by atoms with E-state index in [9.17, 15) is 13.2 Å². The average molecular weight is 294 g/mol. The molecule has 82 valence electrons. The Morgan fingerprint density at radius 3 is 2.53 bits per heavy atom. The molecule has 1 aromatic rings. The molecule has 1 aromatic carbocycles. The van der Waals surface area contributed by atoms with E-state index in [1.807, 2.05) is 0 Å². The van der Waals surface area contributed by atoms with Crippen LogP contribution < -0.4 is 5.14 Å². The molecule has 2 N–H and O–H groups in total. The highest BCUT2D eigenvalue weighted by atomic mass is 79.9. The van der Waals surface area contributed by atoms with Crippen molar-refractivity contribution in [1.82, 2.24) is 0 Å². The number of methoxy groups -OCH3 is 1. The Balaban J connectivity index is 3.43. The summed E-state index contributed by atoms with van der Waals surface area (Å²) in [5.41, 5.74) is 0.115. The van der Waals surface area contributed by atoms with Gasteiger partial charge in [0.2, 0.25) is 10.0 Å². The van der Waals surface area contributed by atoms with Crippen molar-refractivity contribution >= 4 is 31.9 Å². The second kappa shape index (κ2) is 4.30. The van der Waals surface area contributed by atoms with Gasteiger partial charge in [-0.3, -0.25) is 0 Å². The van der Waals surface area contributed by atoms with Crippen LogP contribution in [0, 0.1) is 0 Å². The van der Waals surface area contributed by atoms with Crippen molar-refractivity contribution in [2.75, 3.05) is 7.11 Å². The second-order valence-electron chi connectivity index (χ2n) is 2.65. The van der Waals surface area contributed by atoms with E-state index >= 15 is 0 Å². The van der Waals surface area contributed by atoms with Crippen molar-refractivity contribution in [3.05, 3.63) is 28.2 Å². The Labute approximate surface area is 95.4 Å². The van der Waals surface area contributed by atoms with Crippen molar-refractivity contribution < 1.29 is 17.9 Å². The molecular weight excluding hydrogens is 286 g/mol. The topological polar surface area (TPSA) is 86.5 Å². The molecule has 0 aromatic heterocycles. The van der Waals surface area contributed by atoms with Crippen molar-refractivity contribution in [2.24, 2.45) is 5.14 Å². The molecule has 1 rings (SSSR count). The number of sulfonamides is 1. The van der Waals surface area contributed by atoms with E-state index in [0.717, 1.165) is 0 Å². The summed E-state index contributed by atoms with van der Waals surface area (Å²) in [7, 11) is -2.65. The third-order valence-corrected chi connectivity index (χ3v) is 3.75. The fourth-order valence-electron chi connectivity index (χ4n) is 0.998. The lowest BCUT2D eigenvalue weighted by Gasteiger charge is -2.06. The molecule has 0 radical (unpaired) electrons. The lowest BCUT2D eigenvalue weighted by Crippen LogP contribution is -2.14. The Kier molecular flexibility index (Phi) is 3.48. The van der Waals surface area contributed by atoms with Crippen molar-refractivity contribution in [2.45, 2.75) is 4.90 Å². The van der Waals surface area contributed by atoms with E-state index in [-0.39, 0.29) is 14.9 Å². The highest BCUT2D eigenvalue weighted by molar-refractivity contribution is 9.10. The largest absolute Gasteiger partial charge is 0.465 e. The summed E-state index contributed by atoms with van der Waals surface area (Å²) in [6, 6.07) is 4.15. The van der Waals surface area contributed by atoms with Crippen molar-refractivity contribution in [3.63, 3.8) is 0 Å². The number of hydrogen-bond donors (Lipinski definition) is 1. The second-order valence-corrected chi connectivity index (χ2v) is 4.98. The zero-order valence-electron chi connectivity index (χ0n) is 7.73. The molecule has 0 saturated heterocycles. The summed E-state index contributed by atoms with van der Waals surface area (Å²) in [6.07, 6.45) is 0. The summed E-state index contributed by atoms with van der Waals surface area (Å²) in [5.74, 6) is -0.632. The van der Waals surface area contributed by atoms with Gasteiger partial charge in [0, 0.05) is 0 Å². The third-order valence-electron chi connectivity index (χ3n) is 1.68. The maximum atomic E-state index is 11.2. The SMILES string of the molecule is COC(=O)c1cccc(S(N)(=O)=O)c1Br.